The highest BCUT2D eigenvalue weighted by Crippen LogP contribution is 2.32. The molecule has 9 heteroatoms. The largest absolute Gasteiger partial charge is 0.465 e. The number of aromatic nitrogens is 2. The van der Waals surface area contributed by atoms with Crippen LogP contribution in [0.4, 0.5) is 16.3 Å². The van der Waals surface area contributed by atoms with Gasteiger partial charge in [-0.05, 0) is 26.7 Å². The Kier molecular flexibility index (Phi) is 4.53. The highest BCUT2D eigenvalue weighted by Gasteiger charge is 2.31. The molecule has 22 heavy (non-hydrogen) atoms. The van der Waals surface area contributed by atoms with Crippen LogP contribution in [-0.2, 0) is 0 Å². The maximum Gasteiger partial charge on any atom is 0.407 e. The number of carboxylic acid groups (broad SMARTS) is 1. The van der Waals surface area contributed by atoms with Crippen molar-refractivity contribution in [2.24, 2.45) is 0 Å². The normalized spacial score (nSPS) is 16.1. The summed E-state index contributed by atoms with van der Waals surface area (Å²) in [6.07, 6.45) is 1.62. The second kappa shape index (κ2) is 6.20. The first kappa shape index (κ1) is 16.1. The van der Waals surface area contributed by atoms with E-state index in [0.29, 0.717) is 31.7 Å². The topological polar surface area (TPSA) is 105 Å². The van der Waals surface area contributed by atoms with E-state index in [1.54, 1.807) is 11.7 Å². The van der Waals surface area contributed by atoms with E-state index >= 15 is 0 Å². The van der Waals surface area contributed by atoms with E-state index < -0.39 is 11.0 Å². The van der Waals surface area contributed by atoms with Crippen LogP contribution in [0.25, 0.3) is 0 Å². The summed E-state index contributed by atoms with van der Waals surface area (Å²) in [6, 6.07) is -0.0358. The molecule has 122 valence electrons. The zero-order chi connectivity index (χ0) is 16.4. The summed E-state index contributed by atoms with van der Waals surface area (Å²) in [6.45, 7) is 4.99. The van der Waals surface area contributed by atoms with Gasteiger partial charge in [-0.3, -0.25) is 10.1 Å². The van der Waals surface area contributed by atoms with E-state index in [1.807, 2.05) is 18.7 Å². The van der Waals surface area contributed by atoms with Crippen LogP contribution in [-0.4, -0.2) is 57.0 Å². The van der Waals surface area contributed by atoms with Crippen molar-refractivity contribution in [2.45, 2.75) is 38.8 Å². The summed E-state index contributed by atoms with van der Waals surface area (Å²) in [4.78, 5) is 25.0. The third-order valence-electron chi connectivity index (χ3n) is 4.05. The minimum atomic E-state index is -0.948. The summed E-state index contributed by atoms with van der Waals surface area (Å²) in [5, 5.41) is 24.4. The lowest BCUT2D eigenvalue weighted by atomic mass is 10.0. The first-order valence-corrected chi connectivity index (χ1v) is 7.25. The smallest absolute Gasteiger partial charge is 0.407 e. The number of nitrogens with zero attached hydrogens (tertiary/aromatic N) is 5. The molecular weight excluding hydrogens is 290 g/mol. The molecular formula is C13H21N5O4. The predicted octanol–water partition coefficient (Wildman–Crippen LogP) is 1.95. The Morgan fingerprint density at radius 3 is 2.55 bits per heavy atom. The fraction of sp³-hybridized carbons (Fsp3) is 0.692. The Morgan fingerprint density at radius 2 is 2.09 bits per heavy atom. The molecule has 1 aromatic heterocycles. The van der Waals surface area contributed by atoms with Gasteiger partial charge >= 0.3 is 11.8 Å². The minimum Gasteiger partial charge on any atom is -0.465 e. The number of anilines is 1. The molecule has 0 radical (unpaired) electrons. The van der Waals surface area contributed by atoms with Gasteiger partial charge in [-0.25, -0.2) is 9.48 Å². The van der Waals surface area contributed by atoms with Crippen LogP contribution in [0.5, 0.6) is 0 Å². The van der Waals surface area contributed by atoms with Gasteiger partial charge in [-0.15, -0.1) is 0 Å². The van der Waals surface area contributed by atoms with Gasteiger partial charge in [0.2, 0.25) is 5.82 Å². The summed E-state index contributed by atoms with van der Waals surface area (Å²) in [7, 11) is 1.56. The average Bonchev–Trinajstić information content (AvgIpc) is 2.91. The fourth-order valence-corrected chi connectivity index (χ4v) is 2.78. The lowest BCUT2D eigenvalue weighted by Gasteiger charge is -2.36. The van der Waals surface area contributed by atoms with Crippen LogP contribution in [0.15, 0.2) is 6.20 Å². The van der Waals surface area contributed by atoms with Crippen LogP contribution in [0.1, 0.15) is 32.7 Å². The summed E-state index contributed by atoms with van der Waals surface area (Å²) in [5.74, 6) is 0.511. The van der Waals surface area contributed by atoms with Gasteiger partial charge < -0.3 is 14.9 Å². The zero-order valence-corrected chi connectivity index (χ0v) is 13.0. The zero-order valence-electron chi connectivity index (χ0n) is 13.0. The van der Waals surface area contributed by atoms with Crippen molar-refractivity contribution in [3.05, 3.63) is 16.3 Å². The van der Waals surface area contributed by atoms with Gasteiger partial charge in [-0.2, -0.15) is 5.10 Å². The average molecular weight is 311 g/mol. The van der Waals surface area contributed by atoms with Crippen LogP contribution in [0.3, 0.4) is 0 Å². The number of hydrogen-bond acceptors (Lipinski definition) is 5. The Hall–Kier alpha value is -2.32. The van der Waals surface area contributed by atoms with Crippen molar-refractivity contribution in [1.29, 1.82) is 0 Å². The molecule has 1 aliphatic heterocycles. The van der Waals surface area contributed by atoms with Crippen molar-refractivity contribution < 1.29 is 14.8 Å². The summed E-state index contributed by atoms with van der Waals surface area (Å²) >= 11 is 0. The number of hydrogen-bond donors (Lipinski definition) is 1. The third kappa shape index (κ3) is 2.97. The number of nitro groups is 1. The Morgan fingerprint density at radius 1 is 1.50 bits per heavy atom. The monoisotopic (exact) mass is 311 g/mol. The number of carbonyl (C=O) groups is 1. The molecule has 1 saturated heterocycles. The first-order valence-electron chi connectivity index (χ1n) is 7.25. The summed E-state index contributed by atoms with van der Waals surface area (Å²) < 4.78 is 1.65. The van der Waals surface area contributed by atoms with Gasteiger partial charge in [0.15, 0.2) is 0 Å². The third-order valence-corrected chi connectivity index (χ3v) is 4.05. The van der Waals surface area contributed by atoms with Gasteiger partial charge in [0.1, 0.15) is 6.20 Å². The van der Waals surface area contributed by atoms with Crippen LogP contribution >= 0.6 is 0 Å². The van der Waals surface area contributed by atoms with E-state index in [9.17, 15) is 14.9 Å². The molecule has 2 heterocycles. The molecule has 0 atom stereocenters. The molecule has 1 fully saturated rings. The first-order chi connectivity index (χ1) is 10.3. The standard InChI is InChI=1S/C13H21N5O4/c1-9(2)17-12(11(8-14-17)18(21)22)16-6-4-10(5-7-16)15(3)13(19)20/h8-10H,4-7H2,1-3H3,(H,19,20). The number of piperidine rings is 1. The lowest BCUT2D eigenvalue weighted by molar-refractivity contribution is -0.384. The van der Waals surface area contributed by atoms with Crippen molar-refractivity contribution in [3.63, 3.8) is 0 Å². The molecule has 0 bridgehead atoms. The maximum atomic E-state index is 11.2. The Bertz CT molecular complexity index is 563. The van der Waals surface area contributed by atoms with Crippen LogP contribution < -0.4 is 4.90 Å². The van der Waals surface area contributed by atoms with E-state index in [1.165, 1.54) is 11.1 Å². The molecule has 2 rings (SSSR count). The van der Waals surface area contributed by atoms with Crippen molar-refractivity contribution in [3.8, 4) is 0 Å². The van der Waals surface area contributed by atoms with Gasteiger partial charge in [0, 0.05) is 32.2 Å². The molecule has 9 nitrogen and oxygen atoms in total. The predicted molar refractivity (Wildman–Crippen MR) is 80.3 cm³/mol. The molecule has 0 unspecified atom stereocenters. The maximum absolute atomic E-state index is 11.2. The van der Waals surface area contributed by atoms with Crippen LogP contribution in [0.2, 0.25) is 0 Å². The second-order valence-corrected chi connectivity index (χ2v) is 5.76. The quantitative estimate of drug-likeness (QED) is 0.673. The SMILES string of the molecule is CC(C)n1ncc([N+](=O)[O-])c1N1CCC(N(C)C(=O)O)CC1. The summed E-state index contributed by atoms with van der Waals surface area (Å²) in [5.41, 5.74) is -0.00117. The van der Waals surface area contributed by atoms with Crippen LogP contribution in [0, 0.1) is 10.1 Å². The molecule has 1 N–H and O–H groups in total. The van der Waals surface area contributed by atoms with Gasteiger partial charge in [0.25, 0.3) is 0 Å². The fourth-order valence-electron chi connectivity index (χ4n) is 2.78. The van der Waals surface area contributed by atoms with Gasteiger partial charge in [-0.1, -0.05) is 0 Å². The Balaban J connectivity index is 2.19. The van der Waals surface area contributed by atoms with E-state index in [2.05, 4.69) is 5.10 Å². The minimum absolute atomic E-state index is 0.00117. The molecule has 0 aliphatic carbocycles. The molecule has 1 aliphatic rings. The molecule has 0 saturated carbocycles. The molecule has 0 aromatic carbocycles. The van der Waals surface area contributed by atoms with Gasteiger partial charge in [0.05, 0.1) is 4.92 Å². The molecule has 1 amide bonds. The highest BCUT2D eigenvalue weighted by molar-refractivity contribution is 5.65. The number of amides is 1. The molecule has 1 aromatic rings. The van der Waals surface area contributed by atoms with Crippen molar-refractivity contribution in [2.75, 3.05) is 25.0 Å². The lowest BCUT2D eigenvalue weighted by Crippen LogP contribution is -2.45. The second-order valence-electron chi connectivity index (χ2n) is 5.76. The van der Waals surface area contributed by atoms with Crippen molar-refractivity contribution >= 4 is 17.6 Å². The highest BCUT2D eigenvalue weighted by atomic mass is 16.6. The van der Waals surface area contributed by atoms with Crippen molar-refractivity contribution in [1.82, 2.24) is 14.7 Å². The van der Waals surface area contributed by atoms with E-state index in [0.717, 1.165) is 0 Å². The Labute approximate surface area is 128 Å². The van der Waals surface area contributed by atoms with E-state index in [4.69, 9.17) is 5.11 Å². The van der Waals surface area contributed by atoms with E-state index in [-0.39, 0.29) is 17.8 Å². The molecule has 0 spiro atoms. The number of rotatable bonds is 4.